The van der Waals surface area contributed by atoms with Crippen molar-refractivity contribution in [2.24, 2.45) is 11.8 Å². The van der Waals surface area contributed by atoms with Gasteiger partial charge in [0, 0.05) is 32.2 Å². The average Bonchev–Trinajstić information content (AvgIpc) is 2.90. The van der Waals surface area contributed by atoms with Gasteiger partial charge >= 0.3 is 24.1 Å². The van der Waals surface area contributed by atoms with Gasteiger partial charge in [-0.05, 0) is 106 Å². The number of rotatable bonds is 18. The highest BCUT2D eigenvalue weighted by atomic mass is 16.7. The van der Waals surface area contributed by atoms with Crippen molar-refractivity contribution in [2.45, 2.75) is 137 Å². The van der Waals surface area contributed by atoms with Crippen molar-refractivity contribution in [1.29, 1.82) is 0 Å². The smallest absolute Gasteiger partial charge is 0.460 e. The predicted octanol–water partition coefficient (Wildman–Crippen LogP) is 6.35. The number of ether oxygens (including phenoxy) is 4. The van der Waals surface area contributed by atoms with Gasteiger partial charge in [0.2, 0.25) is 5.91 Å². The van der Waals surface area contributed by atoms with Crippen LogP contribution in [0.1, 0.15) is 119 Å². The van der Waals surface area contributed by atoms with Crippen LogP contribution in [-0.4, -0.2) is 64.2 Å². The highest BCUT2D eigenvalue weighted by Crippen LogP contribution is 2.25. The first-order chi connectivity index (χ1) is 22.0. The van der Waals surface area contributed by atoms with E-state index in [0.29, 0.717) is 32.2 Å². The first kappa shape index (κ1) is 42.1. The van der Waals surface area contributed by atoms with Crippen molar-refractivity contribution >= 4 is 35.8 Å². The van der Waals surface area contributed by atoms with E-state index in [0.717, 1.165) is 5.56 Å². The minimum atomic E-state index is -1.40. The van der Waals surface area contributed by atoms with E-state index in [1.165, 1.54) is 12.1 Å². The van der Waals surface area contributed by atoms with E-state index in [9.17, 15) is 28.8 Å². The Balaban J connectivity index is 2.75. The number of hydrogen-bond donors (Lipinski definition) is 2. The molecule has 0 saturated carbocycles. The summed E-state index contributed by atoms with van der Waals surface area (Å²) in [7, 11) is 0. The Kier molecular flexibility index (Phi) is 16.8. The maximum Gasteiger partial charge on any atom is 0.511 e. The minimum absolute atomic E-state index is 0.0658. The second-order valence-electron chi connectivity index (χ2n) is 14.9. The Morgan fingerprint density at radius 3 is 1.67 bits per heavy atom. The number of aryl methyl sites for hydroxylation is 1. The number of nitrogens with one attached hydrogen (secondary N) is 1. The summed E-state index contributed by atoms with van der Waals surface area (Å²) in [5, 5.41) is 11.5. The third-order valence-electron chi connectivity index (χ3n) is 6.62. The van der Waals surface area contributed by atoms with E-state index in [-0.39, 0.29) is 49.5 Å². The van der Waals surface area contributed by atoms with Crippen molar-refractivity contribution in [2.75, 3.05) is 6.54 Å². The van der Waals surface area contributed by atoms with Gasteiger partial charge < -0.3 is 29.4 Å². The number of benzene rings is 1. The third kappa shape index (κ3) is 20.3. The van der Waals surface area contributed by atoms with Crippen molar-refractivity contribution in [3.8, 4) is 5.75 Å². The molecule has 0 aromatic heterocycles. The number of Topliss-reactive ketones (excluding diaryl/α,β-unsaturated/α-hetero) is 1. The SMILES string of the molecule is CC(C)(C)OC(=O)CC[C@H](CC(=O)C[C@@H](CCCCNC(=O)CCc1ccc(OC(=O)O)cc1)C(=O)OC(C)(C)C)C(=O)OC(C)(C)C. The summed E-state index contributed by atoms with van der Waals surface area (Å²) in [5.41, 5.74) is -1.38. The van der Waals surface area contributed by atoms with Gasteiger partial charge in [-0.2, -0.15) is 0 Å². The number of amides is 1. The zero-order valence-electron chi connectivity index (χ0n) is 30.1. The Morgan fingerprint density at radius 2 is 1.19 bits per heavy atom. The second-order valence-corrected chi connectivity index (χ2v) is 14.9. The molecule has 0 spiro atoms. The van der Waals surface area contributed by atoms with Gasteiger partial charge in [-0.3, -0.25) is 24.0 Å². The molecule has 48 heavy (non-hydrogen) atoms. The molecule has 1 aromatic carbocycles. The van der Waals surface area contributed by atoms with E-state index >= 15 is 0 Å². The summed E-state index contributed by atoms with van der Waals surface area (Å²) in [5.74, 6) is -3.48. The molecule has 0 fully saturated rings. The lowest BCUT2D eigenvalue weighted by Crippen LogP contribution is -2.32. The molecule has 0 bridgehead atoms. The van der Waals surface area contributed by atoms with Crippen LogP contribution in [-0.2, 0) is 44.6 Å². The number of ketones is 1. The highest BCUT2D eigenvalue weighted by Gasteiger charge is 2.32. The monoisotopic (exact) mass is 677 g/mol. The molecule has 0 saturated heterocycles. The van der Waals surface area contributed by atoms with Gasteiger partial charge in [-0.15, -0.1) is 0 Å². The lowest BCUT2D eigenvalue weighted by Gasteiger charge is -2.25. The molecule has 12 heteroatoms. The minimum Gasteiger partial charge on any atom is -0.460 e. The van der Waals surface area contributed by atoms with Crippen molar-refractivity contribution < 1.29 is 52.8 Å². The summed E-state index contributed by atoms with van der Waals surface area (Å²) in [6.07, 6.45) is 0.422. The normalized spacial score (nSPS) is 13.1. The standard InChI is InChI=1S/C36H55NO11/c1-34(2,3)46-30(40)20-16-26(32(42)48-36(7,8)9)23-27(38)22-25(31(41)47-35(4,5)6)12-10-11-21-37-29(39)19-15-24-13-17-28(18-14-24)45-33(43)44/h13-14,17-18,25-26H,10-12,15-16,19-23H2,1-9H3,(H,37,39)(H,43,44)/t25-,26-/m1/s1. The Labute approximate surface area is 284 Å². The van der Waals surface area contributed by atoms with Crippen LogP contribution in [0.4, 0.5) is 4.79 Å². The van der Waals surface area contributed by atoms with Crippen LogP contribution in [0.15, 0.2) is 24.3 Å². The van der Waals surface area contributed by atoms with Gasteiger partial charge in [0.1, 0.15) is 28.3 Å². The Hall–Kier alpha value is -3.96. The zero-order chi connectivity index (χ0) is 36.7. The molecule has 0 aliphatic heterocycles. The lowest BCUT2D eigenvalue weighted by atomic mass is 9.90. The molecule has 2 atom stereocenters. The van der Waals surface area contributed by atoms with E-state index in [2.05, 4.69) is 10.1 Å². The molecule has 2 N–H and O–H groups in total. The molecule has 1 amide bonds. The molecule has 1 aromatic rings. The first-order valence-electron chi connectivity index (χ1n) is 16.5. The number of carbonyl (C=O) groups is 6. The molecule has 0 heterocycles. The van der Waals surface area contributed by atoms with Crippen molar-refractivity contribution in [3.05, 3.63) is 29.8 Å². The van der Waals surface area contributed by atoms with Gasteiger partial charge in [0.15, 0.2) is 0 Å². The second kappa shape index (κ2) is 19.1. The molecule has 0 unspecified atom stereocenters. The molecule has 270 valence electrons. The molecule has 0 aliphatic rings. The Morgan fingerprint density at radius 1 is 0.688 bits per heavy atom. The quantitative estimate of drug-likeness (QED) is 0.0768. The van der Waals surface area contributed by atoms with E-state index in [4.69, 9.17) is 19.3 Å². The number of unbranched alkanes of at least 4 members (excludes halogenated alkanes) is 1. The predicted molar refractivity (Wildman–Crippen MR) is 178 cm³/mol. The summed E-state index contributed by atoms with van der Waals surface area (Å²) in [4.78, 5) is 74.7. The third-order valence-corrected chi connectivity index (χ3v) is 6.62. The maximum atomic E-state index is 13.3. The molecular weight excluding hydrogens is 622 g/mol. The fourth-order valence-electron chi connectivity index (χ4n) is 4.61. The fraction of sp³-hybridized carbons (Fsp3) is 0.667. The summed E-state index contributed by atoms with van der Waals surface area (Å²) in [6, 6.07) is 6.44. The summed E-state index contributed by atoms with van der Waals surface area (Å²) < 4.78 is 21.1. The molecule has 12 nitrogen and oxygen atoms in total. The summed E-state index contributed by atoms with van der Waals surface area (Å²) >= 11 is 0. The zero-order valence-corrected chi connectivity index (χ0v) is 30.1. The van der Waals surface area contributed by atoms with Crippen LogP contribution >= 0.6 is 0 Å². The number of esters is 3. The summed E-state index contributed by atoms with van der Waals surface area (Å²) in [6.45, 7) is 16.0. The van der Waals surface area contributed by atoms with Crippen LogP contribution in [0.2, 0.25) is 0 Å². The van der Waals surface area contributed by atoms with Gasteiger partial charge in [0.05, 0.1) is 11.8 Å². The first-order valence-corrected chi connectivity index (χ1v) is 16.5. The van der Waals surface area contributed by atoms with E-state index in [1.54, 1.807) is 74.4 Å². The van der Waals surface area contributed by atoms with Gasteiger partial charge in [-0.25, -0.2) is 4.79 Å². The molecule has 0 aliphatic carbocycles. The van der Waals surface area contributed by atoms with Crippen molar-refractivity contribution in [3.63, 3.8) is 0 Å². The maximum absolute atomic E-state index is 13.3. The number of hydrogen-bond acceptors (Lipinski definition) is 10. The molecular formula is C36H55NO11. The van der Waals surface area contributed by atoms with E-state index in [1.807, 2.05) is 0 Å². The van der Waals surface area contributed by atoms with Gasteiger partial charge in [-0.1, -0.05) is 18.6 Å². The molecule has 1 rings (SSSR count). The van der Waals surface area contributed by atoms with Crippen LogP contribution in [0.3, 0.4) is 0 Å². The number of carbonyl (C=O) groups excluding carboxylic acids is 5. The average molecular weight is 678 g/mol. The van der Waals surface area contributed by atoms with Crippen molar-refractivity contribution in [1.82, 2.24) is 5.32 Å². The lowest BCUT2D eigenvalue weighted by molar-refractivity contribution is -0.162. The van der Waals surface area contributed by atoms with Crippen LogP contribution in [0.5, 0.6) is 5.75 Å². The van der Waals surface area contributed by atoms with Crippen LogP contribution in [0.25, 0.3) is 0 Å². The largest absolute Gasteiger partial charge is 0.511 e. The van der Waals surface area contributed by atoms with Crippen LogP contribution < -0.4 is 10.1 Å². The Bertz CT molecular complexity index is 1230. The van der Waals surface area contributed by atoms with Gasteiger partial charge in [0.25, 0.3) is 0 Å². The topological polar surface area (TPSA) is 172 Å². The number of carboxylic acid groups (broad SMARTS) is 1. The van der Waals surface area contributed by atoms with Crippen LogP contribution in [0, 0.1) is 11.8 Å². The highest BCUT2D eigenvalue weighted by molar-refractivity contribution is 5.88. The van der Waals surface area contributed by atoms with E-state index < -0.39 is 52.7 Å². The fourth-order valence-corrected chi connectivity index (χ4v) is 4.61. The molecule has 0 radical (unpaired) electrons.